The summed E-state index contributed by atoms with van der Waals surface area (Å²) in [5.74, 6) is 0.323. The molecule has 8 heteroatoms. The minimum Gasteiger partial charge on any atom is -0.452 e. The van der Waals surface area contributed by atoms with Crippen molar-refractivity contribution in [2.45, 2.75) is 82.3 Å². The molecule has 0 spiro atoms. The zero-order valence-electron chi connectivity index (χ0n) is 22.2. The molecule has 0 saturated carbocycles. The van der Waals surface area contributed by atoms with Crippen LogP contribution < -0.4 is 0 Å². The smallest absolute Gasteiger partial charge is 0.338 e. The van der Waals surface area contributed by atoms with Gasteiger partial charge >= 0.3 is 5.97 Å². The summed E-state index contributed by atoms with van der Waals surface area (Å²) in [5, 5.41) is 10.2. The molecule has 1 fully saturated rings. The van der Waals surface area contributed by atoms with E-state index < -0.39 is 44.1 Å². The van der Waals surface area contributed by atoms with E-state index in [2.05, 4.69) is 33.9 Å². The first-order valence-electron chi connectivity index (χ1n) is 12.5. The summed E-state index contributed by atoms with van der Waals surface area (Å²) in [4.78, 5) is 13.2. The fourth-order valence-corrected chi connectivity index (χ4v) is 6.09. The van der Waals surface area contributed by atoms with Gasteiger partial charge in [0.25, 0.3) is 0 Å². The van der Waals surface area contributed by atoms with E-state index in [1.807, 2.05) is 55.5 Å². The van der Waals surface area contributed by atoms with Crippen LogP contribution >= 0.6 is 11.8 Å². The Morgan fingerprint density at radius 3 is 2.17 bits per heavy atom. The van der Waals surface area contributed by atoms with Gasteiger partial charge in [0, 0.05) is 0 Å². The van der Waals surface area contributed by atoms with Gasteiger partial charge in [-0.15, -0.1) is 11.8 Å². The van der Waals surface area contributed by atoms with Crippen LogP contribution in [0.25, 0.3) is 0 Å². The molecular weight excluding hydrogens is 492 g/mol. The minimum absolute atomic E-state index is 0.0780. The molecule has 5 atom stereocenters. The van der Waals surface area contributed by atoms with Gasteiger partial charge in [-0.25, -0.2) is 4.79 Å². The number of carbonyl (C=O) groups excluding carboxylic acids is 1. The second-order valence-electron chi connectivity index (χ2n) is 10.5. The van der Waals surface area contributed by atoms with Gasteiger partial charge in [-0.1, -0.05) is 76.2 Å². The van der Waals surface area contributed by atoms with E-state index in [0.29, 0.717) is 12.2 Å². The molecular formula is C28H40O6SSi. The van der Waals surface area contributed by atoms with Gasteiger partial charge in [-0.05, 0) is 41.6 Å². The van der Waals surface area contributed by atoms with E-state index in [9.17, 15) is 9.90 Å². The van der Waals surface area contributed by atoms with Crippen LogP contribution in [0.15, 0.2) is 60.7 Å². The Kier molecular flexibility index (Phi) is 10.2. The molecule has 2 aromatic rings. The summed E-state index contributed by atoms with van der Waals surface area (Å²) >= 11 is 1.54. The third kappa shape index (κ3) is 7.21. The van der Waals surface area contributed by atoms with Crippen molar-refractivity contribution >= 4 is 26.0 Å². The predicted molar refractivity (Wildman–Crippen MR) is 147 cm³/mol. The predicted octanol–water partition coefficient (Wildman–Crippen LogP) is 5.66. The second-order valence-corrected chi connectivity index (χ2v) is 16.7. The number of rotatable bonds is 10. The number of thioether (sulfide) groups is 1. The molecule has 0 unspecified atom stereocenters. The van der Waals surface area contributed by atoms with Crippen LogP contribution in [0.5, 0.6) is 0 Å². The highest BCUT2D eigenvalue weighted by atomic mass is 32.2. The highest BCUT2D eigenvalue weighted by molar-refractivity contribution is 7.99. The van der Waals surface area contributed by atoms with E-state index in [0.717, 1.165) is 11.3 Å². The van der Waals surface area contributed by atoms with Gasteiger partial charge in [0.05, 0.1) is 18.8 Å². The van der Waals surface area contributed by atoms with Gasteiger partial charge in [0.1, 0.15) is 23.7 Å². The SMILES string of the molecule is CCS[C@@H]1O[C@H](CO)[C@@H](OCc2ccccc2)[C@H](O[Si](C)(C)C(C)(C)C)[C@H]1OC(=O)c1ccccc1. The molecule has 0 bridgehead atoms. The van der Waals surface area contributed by atoms with Crippen molar-refractivity contribution < 1.29 is 28.5 Å². The third-order valence-corrected chi connectivity index (χ3v) is 12.4. The van der Waals surface area contributed by atoms with Crippen LogP contribution in [-0.2, 0) is 25.2 Å². The Balaban J connectivity index is 1.98. The molecule has 36 heavy (non-hydrogen) atoms. The summed E-state index contributed by atoms with van der Waals surface area (Å²) < 4.78 is 25.8. The number of benzene rings is 2. The lowest BCUT2D eigenvalue weighted by atomic mass is 9.99. The Bertz CT molecular complexity index is 950. The fourth-order valence-electron chi connectivity index (χ4n) is 3.83. The highest BCUT2D eigenvalue weighted by Gasteiger charge is 2.53. The lowest BCUT2D eigenvalue weighted by Gasteiger charge is -2.49. The largest absolute Gasteiger partial charge is 0.452 e. The molecule has 3 rings (SSSR count). The van der Waals surface area contributed by atoms with Gasteiger partial charge in [-0.3, -0.25) is 0 Å². The van der Waals surface area contributed by atoms with Crippen molar-refractivity contribution in [3.63, 3.8) is 0 Å². The molecule has 0 aliphatic carbocycles. The number of ether oxygens (including phenoxy) is 3. The van der Waals surface area contributed by atoms with Gasteiger partial charge in [0.2, 0.25) is 0 Å². The Hall–Kier alpha value is -1.68. The van der Waals surface area contributed by atoms with E-state index in [1.165, 1.54) is 11.8 Å². The lowest BCUT2D eigenvalue weighted by Crippen LogP contribution is -2.63. The van der Waals surface area contributed by atoms with Crippen molar-refractivity contribution in [2.75, 3.05) is 12.4 Å². The quantitative estimate of drug-likeness (QED) is 0.313. The number of carbonyl (C=O) groups is 1. The van der Waals surface area contributed by atoms with Crippen LogP contribution in [0.3, 0.4) is 0 Å². The monoisotopic (exact) mass is 532 g/mol. The third-order valence-electron chi connectivity index (χ3n) is 6.88. The van der Waals surface area contributed by atoms with Gasteiger partial charge in [-0.2, -0.15) is 0 Å². The summed E-state index contributed by atoms with van der Waals surface area (Å²) in [5.41, 5.74) is 0.976. The zero-order chi connectivity index (χ0) is 26.3. The molecule has 1 saturated heterocycles. The van der Waals surface area contributed by atoms with Crippen LogP contribution in [-0.4, -0.2) is 61.6 Å². The Morgan fingerprint density at radius 2 is 1.61 bits per heavy atom. The first kappa shape index (κ1) is 28.9. The van der Waals surface area contributed by atoms with Gasteiger partial charge in [0.15, 0.2) is 14.4 Å². The topological polar surface area (TPSA) is 74.2 Å². The summed E-state index contributed by atoms with van der Waals surface area (Å²) in [6, 6.07) is 18.8. The fraction of sp³-hybridized carbons (Fsp3) is 0.536. The maximum absolute atomic E-state index is 13.2. The molecule has 2 aromatic carbocycles. The van der Waals surface area contributed by atoms with Crippen LogP contribution in [0, 0.1) is 0 Å². The molecule has 1 aliphatic heterocycles. The average Bonchev–Trinajstić information content (AvgIpc) is 2.85. The average molecular weight is 533 g/mol. The summed E-state index contributed by atoms with van der Waals surface area (Å²) in [6.07, 6.45) is -2.54. The highest BCUT2D eigenvalue weighted by Crippen LogP contribution is 2.42. The first-order chi connectivity index (χ1) is 17.1. The maximum atomic E-state index is 13.2. The first-order valence-corrected chi connectivity index (χ1v) is 16.5. The molecule has 1 N–H and O–H groups in total. The number of aliphatic hydroxyl groups is 1. The van der Waals surface area contributed by atoms with E-state index in [-0.39, 0.29) is 11.6 Å². The molecule has 1 aliphatic rings. The van der Waals surface area contributed by atoms with Crippen molar-refractivity contribution in [1.29, 1.82) is 0 Å². The van der Waals surface area contributed by atoms with Crippen LogP contribution in [0.1, 0.15) is 43.6 Å². The van der Waals surface area contributed by atoms with Crippen molar-refractivity contribution in [1.82, 2.24) is 0 Å². The molecule has 1 heterocycles. The molecule has 0 aromatic heterocycles. The van der Waals surface area contributed by atoms with E-state index in [1.54, 1.807) is 12.1 Å². The van der Waals surface area contributed by atoms with Crippen LogP contribution in [0.2, 0.25) is 18.1 Å². The van der Waals surface area contributed by atoms with Gasteiger partial charge < -0.3 is 23.7 Å². The number of hydrogen-bond acceptors (Lipinski definition) is 7. The van der Waals surface area contributed by atoms with E-state index in [4.69, 9.17) is 18.6 Å². The van der Waals surface area contributed by atoms with Crippen molar-refractivity contribution in [3.05, 3.63) is 71.8 Å². The summed E-state index contributed by atoms with van der Waals surface area (Å²) in [7, 11) is -2.33. The normalized spacial score (nSPS) is 24.9. The second kappa shape index (κ2) is 12.7. The summed E-state index contributed by atoms with van der Waals surface area (Å²) in [6.45, 7) is 13.0. The number of esters is 1. The zero-order valence-corrected chi connectivity index (χ0v) is 24.0. The van der Waals surface area contributed by atoms with Crippen molar-refractivity contribution in [3.8, 4) is 0 Å². The molecule has 0 radical (unpaired) electrons. The Labute approximate surface area is 220 Å². The molecule has 6 nitrogen and oxygen atoms in total. The molecule has 0 amide bonds. The van der Waals surface area contributed by atoms with Crippen molar-refractivity contribution in [2.24, 2.45) is 0 Å². The molecule has 198 valence electrons. The lowest BCUT2D eigenvalue weighted by molar-refractivity contribution is -0.220. The Morgan fingerprint density at radius 1 is 1.00 bits per heavy atom. The number of hydrogen-bond donors (Lipinski definition) is 1. The maximum Gasteiger partial charge on any atom is 0.338 e. The number of aliphatic hydroxyl groups excluding tert-OH is 1. The standard InChI is InChI=1S/C28H40O6SSi/c1-7-35-27-25(33-26(30)21-16-12-9-13-17-21)24(34-36(5,6)28(2,3)4)23(22(18-29)32-27)31-19-20-14-10-8-11-15-20/h8-17,22-25,27,29H,7,18-19H2,1-6H3/t22-,23-,24+,25-,27+/m1/s1. The minimum atomic E-state index is -2.33. The van der Waals surface area contributed by atoms with Crippen LogP contribution in [0.4, 0.5) is 0 Å². The van der Waals surface area contributed by atoms with E-state index >= 15 is 0 Å².